The number of hydrogen-bond acceptors (Lipinski definition) is 4. The highest BCUT2D eigenvalue weighted by atomic mass is 32.1. The van der Waals surface area contributed by atoms with E-state index in [0.29, 0.717) is 11.4 Å². The van der Waals surface area contributed by atoms with Gasteiger partial charge in [-0.1, -0.05) is 35.9 Å². The van der Waals surface area contributed by atoms with Gasteiger partial charge in [0, 0.05) is 0 Å². The highest BCUT2D eigenvalue weighted by Gasteiger charge is 2.14. The molecule has 3 rings (SSSR count). The van der Waals surface area contributed by atoms with Gasteiger partial charge in [0.15, 0.2) is 5.82 Å². The van der Waals surface area contributed by atoms with Gasteiger partial charge in [-0.15, -0.1) is 11.3 Å². The Morgan fingerprint density at radius 1 is 1.20 bits per heavy atom. The van der Waals surface area contributed by atoms with Crippen LogP contribution in [0.5, 0.6) is 5.88 Å². The van der Waals surface area contributed by atoms with Crippen LogP contribution in [0.25, 0.3) is 21.8 Å². The first-order valence-electron chi connectivity index (χ1n) is 6.09. The molecular formula is C15H12N2O2S. The van der Waals surface area contributed by atoms with Crippen LogP contribution in [0, 0.1) is 6.92 Å². The zero-order valence-corrected chi connectivity index (χ0v) is 11.6. The van der Waals surface area contributed by atoms with Gasteiger partial charge < -0.3 is 10.1 Å². The van der Waals surface area contributed by atoms with Crippen molar-refractivity contribution in [3.8, 4) is 27.7 Å². The molecule has 0 fully saturated rings. The molecule has 0 atom stereocenters. The van der Waals surface area contributed by atoms with Crippen LogP contribution in [0.3, 0.4) is 0 Å². The molecule has 0 saturated heterocycles. The summed E-state index contributed by atoms with van der Waals surface area (Å²) < 4.78 is 0. The zero-order chi connectivity index (χ0) is 14.1. The van der Waals surface area contributed by atoms with Crippen LogP contribution in [-0.4, -0.2) is 15.1 Å². The second-order valence-corrected chi connectivity index (χ2v) is 5.40. The molecule has 0 unspecified atom stereocenters. The first-order valence-corrected chi connectivity index (χ1v) is 6.97. The number of H-pyrrole nitrogens is 1. The molecule has 0 bridgehead atoms. The third kappa shape index (κ3) is 2.23. The summed E-state index contributed by atoms with van der Waals surface area (Å²) in [6.45, 7) is 1.96. The fourth-order valence-corrected chi connectivity index (χ4v) is 2.64. The summed E-state index contributed by atoms with van der Waals surface area (Å²) in [4.78, 5) is 19.8. The average molecular weight is 284 g/mol. The van der Waals surface area contributed by atoms with E-state index in [1.54, 1.807) is 12.1 Å². The number of aromatic amines is 1. The third-order valence-electron chi connectivity index (χ3n) is 3.00. The quantitative estimate of drug-likeness (QED) is 0.759. The Morgan fingerprint density at radius 2 is 1.95 bits per heavy atom. The molecule has 2 aromatic heterocycles. The number of thiophene rings is 1. The number of benzene rings is 1. The summed E-state index contributed by atoms with van der Waals surface area (Å²) in [6, 6.07) is 11.1. The van der Waals surface area contributed by atoms with Crippen molar-refractivity contribution in [2.24, 2.45) is 0 Å². The maximum atomic E-state index is 12.2. The van der Waals surface area contributed by atoms with Crippen LogP contribution in [0.15, 0.2) is 46.6 Å². The van der Waals surface area contributed by atoms with Gasteiger partial charge in [-0.25, -0.2) is 0 Å². The number of aromatic hydroxyl groups is 1. The first-order chi connectivity index (χ1) is 9.65. The normalized spacial score (nSPS) is 10.7. The van der Waals surface area contributed by atoms with E-state index < -0.39 is 0 Å². The number of aromatic nitrogens is 2. The zero-order valence-electron chi connectivity index (χ0n) is 10.8. The van der Waals surface area contributed by atoms with Crippen molar-refractivity contribution in [1.29, 1.82) is 0 Å². The number of nitrogens with one attached hydrogen (secondary N) is 1. The van der Waals surface area contributed by atoms with Crippen LogP contribution in [-0.2, 0) is 0 Å². The molecule has 0 aliphatic rings. The summed E-state index contributed by atoms with van der Waals surface area (Å²) in [5.74, 6) is 0.138. The van der Waals surface area contributed by atoms with Gasteiger partial charge in [-0.05, 0) is 23.9 Å². The van der Waals surface area contributed by atoms with E-state index in [1.807, 2.05) is 36.6 Å². The van der Waals surface area contributed by atoms with Crippen LogP contribution in [0.2, 0.25) is 0 Å². The molecule has 2 N–H and O–H groups in total. The van der Waals surface area contributed by atoms with E-state index in [4.69, 9.17) is 0 Å². The molecule has 0 saturated carbocycles. The molecule has 20 heavy (non-hydrogen) atoms. The molecule has 1 aromatic carbocycles. The van der Waals surface area contributed by atoms with Crippen molar-refractivity contribution in [2.75, 3.05) is 0 Å². The van der Waals surface area contributed by atoms with Crippen LogP contribution < -0.4 is 5.56 Å². The Labute approximate surface area is 119 Å². The largest absolute Gasteiger partial charge is 0.493 e. The van der Waals surface area contributed by atoms with Crippen molar-refractivity contribution in [3.63, 3.8) is 0 Å². The average Bonchev–Trinajstić information content (AvgIpc) is 2.94. The van der Waals surface area contributed by atoms with Gasteiger partial charge in [-0.3, -0.25) is 4.79 Å². The van der Waals surface area contributed by atoms with Gasteiger partial charge in [0.05, 0.1) is 4.88 Å². The molecule has 4 nitrogen and oxygen atoms in total. The Hall–Kier alpha value is -2.40. The fraction of sp³-hybridized carbons (Fsp3) is 0.0667. The van der Waals surface area contributed by atoms with Crippen LogP contribution >= 0.6 is 11.3 Å². The Balaban J connectivity index is 2.14. The molecular weight excluding hydrogens is 272 g/mol. The smallest absolute Gasteiger partial charge is 0.262 e. The standard InChI is InChI=1S/C15H12N2O2S/c1-9-4-6-10(7-5-9)12-14(18)16-13(17-15(12)19)11-3-2-8-20-11/h2-8H,1H3,(H2,16,17,18,19). The molecule has 0 spiro atoms. The molecule has 3 aromatic rings. The molecule has 5 heteroatoms. The van der Waals surface area contributed by atoms with E-state index in [1.165, 1.54) is 11.3 Å². The Morgan fingerprint density at radius 3 is 2.55 bits per heavy atom. The molecule has 0 aliphatic carbocycles. The lowest BCUT2D eigenvalue weighted by Gasteiger charge is -2.05. The second-order valence-electron chi connectivity index (χ2n) is 4.46. The predicted octanol–water partition coefficient (Wildman–Crippen LogP) is 3.18. The highest BCUT2D eigenvalue weighted by Crippen LogP contribution is 2.27. The van der Waals surface area contributed by atoms with Crippen molar-refractivity contribution in [2.45, 2.75) is 6.92 Å². The first kappa shape index (κ1) is 12.6. The van der Waals surface area contributed by atoms with E-state index in [9.17, 15) is 9.90 Å². The lowest BCUT2D eigenvalue weighted by molar-refractivity contribution is 0.454. The second kappa shape index (κ2) is 4.94. The molecule has 0 aliphatic heterocycles. The SMILES string of the molecule is Cc1ccc(-c2c(O)nc(-c3cccs3)[nH]c2=O)cc1. The van der Waals surface area contributed by atoms with Crippen LogP contribution in [0.1, 0.15) is 5.56 Å². The summed E-state index contributed by atoms with van der Waals surface area (Å²) in [7, 11) is 0. The third-order valence-corrected chi connectivity index (χ3v) is 3.87. The van der Waals surface area contributed by atoms with Gasteiger partial charge in [0.2, 0.25) is 5.88 Å². The maximum Gasteiger partial charge on any atom is 0.262 e. The van der Waals surface area contributed by atoms with E-state index in [-0.39, 0.29) is 17.0 Å². The highest BCUT2D eigenvalue weighted by molar-refractivity contribution is 7.13. The number of hydrogen-bond donors (Lipinski definition) is 2. The summed E-state index contributed by atoms with van der Waals surface area (Å²) in [6.07, 6.45) is 0. The minimum Gasteiger partial charge on any atom is -0.493 e. The Kier molecular flexibility index (Phi) is 3.12. The summed E-state index contributed by atoms with van der Waals surface area (Å²) in [5.41, 5.74) is 1.60. The lowest BCUT2D eigenvalue weighted by atomic mass is 10.1. The number of rotatable bonds is 2. The Bertz CT molecular complexity index is 790. The molecule has 0 radical (unpaired) electrons. The summed E-state index contributed by atoms with van der Waals surface area (Å²) in [5, 5.41) is 12.0. The number of nitrogens with zero attached hydrogens (tertiary/aromatic N) is 1. The van der Waals surface area contributed by atoms with Gasteiger partial charge >= 0.3 is 0 Å². The van der Waals surface area contributed by atoms with E-state index in [0.717, 1.165) is 10.4 Å². The van der Waals surface area contributed by atoms with Crippen molar-refractivity contribution >= 4 is 11.3 Å². The lowest BCUT2D eigenvalue weighted by Crippen LogP contribution is -2.11. The molecule has 2 heterocycles. The topological polar surface area (TPSA) is 66.0 Å². The van der Waals surface area contributed by atoms with Crippen molar-refractivity contribution < 1.29 is 5.11 Å². The maximum absolute atomic E-state index is 12.2. The number of aryl methyl sites for hydroxylation is 1. The minimum absolute atomic E-state index is 0.199. The summed E-state index contributed by atoms with van der Waals surface area (Å²) >= 11 is 1.45. The monoisotopic (exact) mass is 284 g/mol. The van der Waals surface area contributed by atoms with Gasteiger partial charge in [0.25, 0.3) is 5.56 Å². The van der Waals surface area contributed by atoms with Crippen LogP contribution in [0.4, 0.5) is 0 Å². The van der Waals surface area contributed by atoms with E-state index >= 15 is 0 Å². The van der Waals surface area contributed by atoms with Crippen molar-refractivity contribution in [3.05, 3.63) is 57.7 Å². The predicted molar refractivity (Wildman–Crippen MR) is 80.0 cm³/mol. The van der Waals surface area contributed by atoms with Crippen molar-refractivity contribution in [1.82, 2.24) is 9.97 Å². The van der Waals surface area contributed by atoms with Gasteiger partial charge in [-0.2, -0.15) is 4.98 Å². The fourth-order valence-electron chi connectivity index (χ4n) is 1.97. The van der Waals surface area contributed by atoms with E-state index in [2.05, 4.69) is 9.97 Å². The minimum atomic E-state index is -0.343. The molecule has 0 amide bonds. The van der Waals surface area contributed by atoms with Gasteiger partial charge in [0.1, 0.15) is 5.56 Å². The molecule has 100 valence electrons.